The predicted octanol–water partition coefficient (Wildman–Crippen LogP) is 1.37. The zero-order valence-corrected chi connectivity index (χ0v) is 13.4. The Morgan fingerprint density at radius 3 is 2.81 bits per heavy atom. The van der Waals surface area contributed by atoms with E-state index in [1.165, 1.54) is 0 Å². The molecule has 9 heteroatoms. The molecule has 0 aromatic carbocycles. The molecule has 112 valence electrons. The molecule has 0 saturated carbocycles. The molecule has 3 heterocycles. The Morgan fingerprint density at radius 1 is 1.24 bits per heavy atom. The van der Waals surface area contributed by atoms with Gasteiger partial charge in [0.2, 0.25) is 5.95 Å². The summed E-state index contributed by atoms with van der Waals surface area (Å²) in [6, 6.07) is 1.13. The lowest BCUT2D eigenvalue weighted by molar-refractivity contribution is 0.0813. The quantitative estimate of drug-likeness (QED) is 0.565. The van der Waals surface area contributed by atoms with Gasteiger partial charge in [-0.2, -0.15) is 5.10 Å². The Bertz CT molecular complexity index is 773. The SMILES string of the molecule is C[Si](C)(C)CCOCn1ncc2c1ncc1nnc(N)n12. The zero-order valence-electron chi connectivity index (χ0n) is 12.4. The highest BCUT2D eigenvalue weighted by atomic mass is 28.3. The van der Waals surface area contributed by atoms with Crippen LogP contribution in [0.25, 0.3) is 16.8 Å². The van der Waals surface area contributed by atoms with Gasteiger partial charge in [0.1, 0.15) is 12.2 Å². The second-order valence-corrected chi connectivity index (χ2v) is 11.8. The van der Waals surface area contributed by atoms with Crippen LogP contribution in [0.1, 0.15) is 0 Å². The molecule has 3 aromatic heterocycles. The van der Waals surface area contributed by atoms with E-state index in [1.807, 2.05) is 0 Å². The predicted molar refractivity (Wildman–Crippen MR) is 82.6 cm³/mol. The molecule has 3 aromatic rings. The van der Waals surface area contributed by atoms with E-state index in [9.17, 15) is 0 Å². The van der Waals surface area contributed by atoms with Crippen molar-refractivity contribution in [3.05, 3.63) is 12.4 Å². The van der Waals surface area contributed by atoms with E-state index >= 15 is 0 Å². The fourth-order valence-electron chi connectivity index (χ4n) is 2.04. The number of nitrogen functional groups attached to an aromatic ring is 1. The van der Waals surface area contributed by atoms with Crippen molar-refractivity contribution in [2.75, 3.05) is 12.3 Å². The number of fused-ring (bicyclic) bond motifs is 3. The van der Waals surface area contributed by atoms with Crippen LogP contribution in [-0.2, 0) is 11.5 Å². The normalized spacial score (nSPS) is 12.5. The smallest absolute Gasteiger partial charge is 0.227 e. The highest BCUT2D eigenvalue weighted by Gasteiger charge is 2.14. The van der Waals surface area contributed by atoms with Crippen molar-refractivity contribution in [2.45, 2.75) is 32.4 Å². The summed E-state index contributed by atoms with van der Waals surface area (Å²) < 4.78 is 9.16. The van der Waals surface area contributed by atoms with Gasteiger partial charge >= 0.3 is 0 Å². The van der Waals surface area contributed by atoms with Crippen LogP contribution in [0.4, 0.5) is 5.95 Å². The van der Waals surface area contributed by atoms with Crippen LogP contribution in [0.2, 0.25) is 25.7 Å². The number of hydrogen-bond donors (Lipinski definition) is 1. The van der Waals surface area contributed by atoms with Gasteiger partial charge in [0, 0.05) is 14.7 Å². The second kappa shape index (κ2) is 5.08. The fourth-order valence-corrected chi connectivity index (χ4v) is 2.80. The first-order chi connectivity index (χ1) is 9.96. The summed E-state index contributed by atoms with van der Waals surface area (Å²) in [4.78, 5) is 4.36. The summed E-state index contributed by atoms with van der Waals surface area (Å²) in [6.45, 7) is 8.11. The van der Waals surface area contributed by atoms with E-state index in [0.717, 1.165) is 18.2 Å². The number of aromatic nitrogens is 6. The van der Waals surface area contributed by atoms with Gasteiger partial charge in [-0.15, -0.1) is 10.2 Å². The fraction of sp³-hybridized carbons (Fsp3) is 0.500. The molecule has 8 nitrogen and oxygen atoms in total. The third kappa shape index (κ3) is 2.74. The lowest BCUT2D eigenvalue weighted by atomic mass is 10.5. The molecule has 0 spiro atoms. The zero-order chi connectivity index (χ0) is 15.0. The van der Waals surface area contributed by atoms with Crippen LogP contribution in [0, 0.1) is 0 Å². The summed E-state index contributed by atoms with van der Waals surface area (Å²) in [7, 11) is -1.08. The van der Waals surface area contributed by atoms with Crippen LogP contribution in [-0.4, -0.2) is 44.0 Å². The third-order valence-corrected chi connectivity index (χ3v) is 4.96. The molecule has 0 fully saturated rings. The van der Waals surface area contributed by atoms with E-state index < -0.39 is 8.07 Å². The van der Waals surface area contributed by atoms with Crippen molar-refractivity contribution in [3.63, 3.8) is 0 Å². The van der Waals surface area contributed by atoms with Gasteiger partial charge < -0.3 is 10.5 Å². The summed E-state index contributed by atoms with van der Waals surface area (Å²) in [5.74, 6) is 0.330. The molecule has 3 rings (SSSR count). The Hall–Kier alpha value is -2.00. The maximum Gasteiger partial charge on any atom is 0.227 e. The van der Waals surface area contributed by atoms with E-state index in [4.69, 9.17) is 10.5 Å². The number of nitrogens with two attached hydrogens (primary N) is 1. The van der Waals surface area contributed by atoms with E-state index in [2.05, 4.69) is 39.9 Å². The standard InChI is InChI=1S/C12H19N7OSi/c1-21(2,3)5-4-20-8-18-11-9(6-15-18)19-10(7-14-11)16-17-12(19)13/h6-7H,4-5,8H2,1-3H3,(H2,13,17). The van der Waals surface area contributed by atoms with Gasteiger partial charge in [-0.1, -0.05) is 19.6 Å². The first-order valence-corrected chi connectivity index (χ1v) is 10.6. The van der Waals surface area contributed by atoms with Crippen molar-refractivity contribution < 1.29 is 4.74 Å². The van der Waals surface area contributed by atoms with E-state index in [-0.39, 0.29) is 0 Å². The summed E-state index contributed by atoms with van der Waals surface area (Å²) >= 11 is 0. The minimum absolute atomic E-state index is 0.330. The van der Waals surface area contributed by atoms with Crippen molar-refractivity contribution in [1.29, 1.82) is 0 Å². The lowest BCUT2D eigenvalue weighted by Gasteiger charge is -2.15. The molecule has 0 aliphatic heterocycles. The van der Waals surface area contributed by atoms with Crippen LogP contribution < -0.4 is 5.73 Å². The Morgan fingerprint density at radius 2 is 2.05 bits per heavy atom. The van der Waals surface area contributed by atoms with Crippen molar-refractivity contribution >= 4 is 30.8 Å². The highest BCUT2D eigenvalue weighted by Crippen LogP contribution is 2.16. The number of hydrogen-bond acceptors (Lipinski definition) is 6. The molecule has 0 amide bonds. The third-order valence-electron chi connectivity index (χ3n) is 3.26. The van der Waals surface area contributed by atoms with Crippen LogP contribution in [0.3, 0.4) is 0 Å². The summed E-state index contributed by atoms with van der Waals surface area (Å²) in [6.07, 6.45) is 3.34. The minimum Gasteiger partial charge on any atom is -0.368 e. The molecular formula is C12H19N7OSi. The van der Waals surface area contributed by atoms with E-state index in [1.54, 1.807) is 21.5 Å². The molecule has 0 aliphatic rings. The largest absolute Gasteiger partial charge is 0.368 e. The lowest BCUT2D eigenvalue weighted by Crippen LogP contribution is -2.22. The van der Waals surface area contributed by atoms with Crippen molar-refractivity contribution in [1.82, 2.24) is 29.4 Å². The Balaban J connectivity index is 1.81. The average molecular weight is 305 g/mol. The van der Waals surface area contributed by atoms with Crippen molar-refractivity contribution in [3.8, 4) is 0 Å². The number of ether oxygens (including phenoxy) is 1. The monoisotopic (exact) mass is 305 g/mol. The Labute approximate surface area is 122 Å². The minimum atomic E-state index is -1.08. The maximum absolute atomic E-state index is 5.82. The van der Waals surface area contributed by atoms with E-state index in [0.29, 0.717) is 24.0 Å². The molecule has 0 atom stereocenters. The summed E-state index contributed by atoms with van der Waals surface area (Å²) in [5.41, 5.74) is 7.92. The molecule has 0 aliphatic carbocycles. The molecule has 0 bridgehead atoms. The molecule has 0 saturated heterocycles. The second-order valence-electron chi connectivity index (χ2n) is 6.21. The molecule has 21 heavy (non-hydrogen) atoms. The number of anilines is 1. The van der Waals surface area contributed by atoms with Gasteiger partial charge in [0.25, 0.3) is 0 Å². The Kier molecular flexibility index (Phi) is 3.37. The van der Waals surface area contributed by atoms with Gasteiger partial charge in [-0.05, 0) is 6.04 Å². The highest BCUT2D eigenvalue weighted by molar-refractivity contribution is 6.76. The molecular weight excluding hydrogens is 286 g/mol. The average Bonchev–Trinajstić information content (AvgIpc) is 2.98. The van der Waals surface area contributed by atoms with Gasteiger partial charge in [0.05, 0.1) is 12.4 Å². The van der Waals surface area contributed by atoms with Gasteiger partial charge in [0.15, 0.2) is 11.3 Å². The number of rotatable bonds is 5. The van der Waals surface area contributed by atoms with Crippen molar-refractivity contribution in [2.24, 2.45) is 0 Å². The maximum atomic E-state index is 5.82. The number of nitrogens with zero attached hydrogens (tertiary/aromatic N) is 6. The molecule has 0 unspecified atom stereocenters. The first-order valence-electron chi connectivity index (χ1n) is 6.84. The van der Waals surface area contributed by atoms with Crippen LogP contribution in [0.15, 0.2) is 12.4 Å². The topological polar surface area (TPSA) is 96.1 Å². The molecule has 2 N–H and O–H groups in total. The van der Waals surface area contributed by atoms with Crippen LogP contribution >= 0.6 is 0 Å². The first kappa shape index (κ1) is 14.0. The van der Waals surface area contributed by atoms with Gasteiger partial charge in [-0.25, -0.2) is 9.67 Å². The summed E-state index contributed by atoms with van der Waals surface area (Å²) in [5, 5.41) is 12.1. The molecule has 0 radical (unpaired) electrons. The van der Waals surface area contributed by atoms with Gasteiger partial charge in [-0.3, -0.25) is 4.40 Å². The van der Waals surface area contributed by atoms with Crippen LogP contribution in [0.5, 0.6) is 0 Å².